The summed E-state index contributed by atoms with van der Waals surface area (Å²) in [5.74, 6) is 2.28. The van der Waals surface area contributed by atoms with Crippen molar-refractivity contribution in [3.8, 4) is 11.5 Å². The van der Waals surface area contributed by atoms with Gasteiger partial charge in [-0.2, -0.15) is 0 Å². The second kappa shape index (κ2) is 9.07. The summed E-state index contributed by atoms with van der Waals surface area (Å²) in [5, 5.41) is 5.77. The molecule has 1 aromatic heterocycles. The maximum absolute atomic E-state index is 12.3. The summed E-state index contributed by atoms with van der Waals surface area (Å²) >= 11 is 0. The molecule has 1 saturated heterocycles. The van der Waals surface area contributed by atoms with E-state index < -0.39 is 0 Å². The van der Waals surface area contributed by atoms with Gasteiger partial charge in [0.15, 0.2) is 11.5 Å². The lowest BCUT2D eigenvalue weighted by atomic mass is 9.97. The molecular weight excluding hydrogens is 346 g/mol. The molecule has 2 aromatic rings. The molecule has 27 heavy (non-hydrogen) atoms. The van der Waals surface area contributed by atoms with E-state index in [1.807, 2.05) is 6.07 Å². The van der Waals surface area contributed by atoms with Crippen molar-refractivity contribution < 1.29 is 14.3 Å². The third-order valence-corrected chi connectivity index (χ3v) is 4.65. The van der Waals surface area contributed by atoms with Crippen molar-refractivity contribution in [3.05, 3.63) is 36.7 Å². The molecule has 2 N–H and O–H groups in total. The first-order chi connectivity index (χ1) is 13.2. The van der Waals surface area contributed by atoms with Gasteiger partial charge in [0.1, 0.15) is 0 Å². The average Bonchev–Trinajstić information content (AvgIpc) is 2.73. The molecule has 0 aliphatic carbocycles. The van der Waals surface area contributed by atoms with Gasteiger partial charge in [-0.3, -0.25) is 0 Å². The van der Waals surface area contributed by atoms with E-state index in [0.29, 0.717) is 29.6 Å². The second-order valence-electron chi connectivity index (χ2n) is 6.36. The topological polar surface area (TPSA) is 88.6 Å². The number of piperidine rings is 1. The van der Waals surface area contributed by atoms with Crippen molar-refractivity contribution in [1.29, 1.82) is 0 Å². The van der Waals surface area contributed by atoms with Crippen LogP contribution in [0.15, 0.2) is 36.7 Å². The normalized spacial score (nSPS) is 14.5. The molecule has 3 rings (SSSR count). The molecule has 1 aliphatic rings. The first-order valence-electron chi connectivity index (χ1n) is 8.99. The lowest BCUT2D eigenvalue weighted by molar-refractivity contribution is 0.248. The Labute approximate surface area is 158 Å². The van der Waals surface area contributed by atoms with Gasteiger partial charge < -0.3 is 25.0 Å². The van der Waals surface area contributed by atoms with E-state index in [2.05, 4.69) is 25.5 Å². The zero-order chi connectivity index (χ0) is 19.1. The Balaban J connectivity index is 1.47. The van der Waals surface area contributed by atoms with Crippen LogP contribution in [-0.4, -0.2) is 49.9 Å². The number of carbonyl (C=O) groups is 1. The van der Waals surface area contributed by atoms with Crippen LogP contribution in [0.5, 0.6) is 11.5 Å². The number of amides is 2. The smallest absolute Gasteiger partial charge is 0.319 e. The summed E-state index contributed by atoms with van der Waals surface area (Å²) in [7, 11) is 3.11. The van der Waals surface area contributed by atoms with E-state index in [0.717, 1.165) is 31.9 Å². The Morgan fingerprint density at radius 1 is 1.15 bits per heavy atom. The predicted molar refractivity (Wildman–Crippen MR) is 104 cm³/mol. The van der Waals surface area contributed by atoms with Gasteiger partial charge in [-0.1, -0.05) is 6.07 Å². The molecule has 0 saturated carbocycles. The second-order valence-corrected chi connectivity index (χ2v) is 6.36. The lowest BCUT2D eigenvalue weighted by Gasteiger charge is -2.31. The maximum Gasteiger partial charge on any atom is 0.319 e. The minimum atomic E-state index is -0.254. The molecule has 144 valence electrons. The van der Waals surface area contributed by atoms with Gasteiger partial charge in [-0.05, 0) is 37.0 Å². The number of urea groups is 1. The first-order valence-corrected chi connectivity index (χ1v) is 8.99. The fraction of sp³-hybridized carbons (Fsp3) is 0.421. The minimum Gasteiger partial charge on any atom is -0.493 e. The van der Waals surface area contributed by atoms with Crippen molar-refractivity contribution in [2.75, 3.05) is 44.1 Å². The highest BCUT2D eigenvalue weighted by Crippen LogP contribution is 2.34. The molecule has 1 fully saturated rings. The molecule has 2 heterocycles. The van der Waals surface area contributed by atoms with Crippen LogP contribution in [0.25, 0.3) is 0 Å². The molecule has 8 heteroatoms. The molecule has 0 bridgehead atoms. The molecule has 0 radical (unpaired) electrons. The number of hydrogen-bond acceptors (Lipinski definition) is 6. The lowest BCUT2D eigenvalue weighted by Crippen LogP contribution is -2.40. The number of benzene rings is 1. The van der Waals surface area contributed by atoms with Crippen LogP contribution in [0.3, 0.4) is 0 Å². The fourth-order valence-electron chi connectivity index (χ4n) is 3.18. The van der Waals surface area contributed by atoms with Crippen molar-refractivity contribution in [3.63, 3.8) is 0 Å². The van der Waals surface area contributed by atoms with Crippen LogP contribution in [0.1, 0.15) is 12.8 Å². The maximum atomic E-state index is 12.3. The van der Waals surface area contributed by atoms with Crippen LogP contribution >= 0.6 is 0 Å². The largest absolute Gasteiger partial charge is 0.493 e. The number of nitrogens with one attached hydrogen (secondary N) is 2. The molecule has 2 amide bonds. The van der Waals surface area contributed by atoms with E-state index in [9.17, 15) is 4.79 Å². The van der Waals surface area contributed by atoms with Crippen molar-refractivity contribution >= 4 is 17.7 Å². The Morgan fingerprint density at radius 2 is 1.89 bits per heavy atom. The van der Waals surface area contributed by atoms with Gasteiger partial charge in [0.05, 0.1) is 19.9 Å². The van der Waals surface area contributed by atoms with Gasteiger partial charge in [0.25, 0.3) is 0 Å². The fourth-order valence-corrected chi connectivity index (χ4v) is 3.18. The zero-order valence-corrected chi connectivity index (χ0v) is 15.6. The SMILES string of the molecule is COc1cccc(NC(=O)NCC2CCN(c3ncccn3)CC2)c1OC. The van der Waals surface area contributed by atoms with E-state index in [-0.39, 0.29) is 6.03 Å². The zero-order valence-electron chi connectivity index (χ0n) is 15.6. The summed E-state index contributed by atoms with van der Waals surface area (Å²) in [4.78, 5) is 23.0. The molecule has 0 unspecified atom stereocenters. The number of para-hydroxylation sites is 1. The number of methoxy groups -OCH3 is 2. The number of rotatable bonds is 6. The third kappa shape index (κ3) is 4.78. The van der Waals surface area contributed by atoms with E-state index >= 15 is 0 Å². The number of anilines is 2. The number of ether oxygens (including phenoxy) is 2. The van der Waals surface area contributed by atoms with Crippen LogP contribution < -0.4 is 25.0 Å². The highest BCUT2D eigenvalue weighted by molar-refractivity contribution is 5.91. The van der Waals surface area contributed by atoms with Gasteiger partial charge in [0.2, 0.25) is 5.95 Å². The highest BCUT2D eigenvalue weighted by atomic mass is 16.5. The van der Waals surface area contributed by atoms with Gasteiger partial charge in [0, 0.05) is 32.0 Å². The quantitative estimate of drug-likeness (QED) is 0.811. The highest BCUT2D eigenvalue weighted by Gasteiger charge is 2.21. The van der Waals surface area contributed by atoms with Gasteiger partial charge in [-0.15, -0.1) is 0 Å². The van der Waals surface area contributed by atoms with Crippen molar-refractivity contribution in [2.45, 2.75) is 12.8 Å². The Kier molecular flexibility index (Phi) is 6.30. The average molecular weight is 371 g/mol. The molecule has 0 atom stereocenters. The van der Waals surface area contributed by atoms with Crippen LogP contribution in [0.2, 0.25) is 0 Å². The summed E-state index contributed by atoms with van der Waals surface area (Å²) in [5.41, 5.74) is 0.574. The van der Waals surface area contributed by atoms with E-state index in [1.54, 1.807) is 44.8 Å². The molecular formula is C19H25N5O3. The number of nitrogens with zero attached hydrogens (tertiary/aromatic N) is 3. The van der Waals surface area contributed by atoms with E-state index in [4.69, 9.17) is 9.47 Å². The van der Waals surface area contributed by atoms with Gasteiger partial charge in [-0.25, -0.2) is 14.8 Å². The van der Waals surface area contributed by atoms with Crippen LogP contribution in [0.4, 0.5) is 16.4 Å². The Hall–Kier alpha value is -3.03. The summed E-state index contributed by atoms with van der Waals surface area (Å²) in [6, 6.07) is 6.93. The summed E-state index contributed by atoms with van der Waals surface area (Å²) in [6.07, 6.45) is 5.49. The van der Waals surface area contributed by atoms with E-state index in [1.165, 1.54) is 0 Å². The Bertz CT molecular complexity index is 748. The predicted octanol–water partition coefficient (Wildman–Crippen LogP) is 2.53. The van der Waals surface area contributed by atoms with Crippen LogP contribution in [-0.2, 0) is 0 Å². The van der Waals surface area contributed by atoms with Gasteiger partial charge >= 0.3 is 6.03 Å². The standard InChI is InChI=1S/C19H25N5O3/c1-26-16-6-3-5-15(17(16)27-2)23-19(25)22-13-14-7-11-24(12-8-14)18-20-9-4-10-21-18/h3-6,9-10,14H,7-8,11-13H2,1-2H3,(H2,22,23,25). The summed E-state index contributed by atoms with van der Waals surface area (Å²) in [6.45, 7) is 2.41. The molecule has 0 spiro atoms. The molecule has 1 aromatic carbocycles. The number of carbonyl (C=O) groups excluding carboxylic acids is 1. The monoisotopic (exact) mass is 371 g/mol. The Morgan fingerprint density at radius 3 is 2.56 bits per heavy atom. The van der Waals surface area contributed by atoms with Crippen molar-refractivity contribution in [1.82, 2.24) is 15.3 Å². The number of aromatic nitrogens is 2. The summed E-state index contributed by atoms with van der Waals surface area (Å²) < 4.78 is 10.6. The first kappa shape index (κ1) is 18.8. The van der Waals surface area contributed by atoms with Crippen molar-refractivity contribution in [2.24, 2.45) is 5.92 Å². The minimum absolute atomic E-state index is 0.254. The third-order valence-electron chi connectivity index (χ3n) is 4.65. The number of hydrogen-bond donors (Lipinski definition) is 2. The molecule has 8 nitrogen and oxygen atoms in total. The van der Waals surface area contributed by atoms with Crippen LogP contribution in [0, 0.1) is 5.92 Å². The molecule has 1 aliphatic heterocycles.